The van der Waals surface area contributed by atoms with Gasteiger partial charge in [0.15, 0.2) is 5.82 Å². The minimum Gasteiger partial charge on any atom is -0.387 e. The van der Waals surface area contributed by atoms with E-state index in [1.165, 1.54) is 12.1 Å². The van der Waals surface area contributed by atoms with Crippen LogP contribution in [0.1, 0.15) is 57.1 Å². The summed E-state index contributed by atoms with van der Waals surface area (Å²) in [4.78, 5) is 4.37. The number of hydrogen-bond acceptors (Lipinski definition) is 5. The van der Waals surface area contributed by atoms with Crippen LogP contribution in [0.4, 0.5) is 4.39 Å². The van der Waals surface area contributed by atoms with Crippen molar-refractivity contribution in [1.82, 2.24) is 15.5 Å². The first-order chi connectivity index (χ1) is 10.3. The highest BCUT2D eigenvalue weighted by molar-refractivity contribution is 5.18. The van der Waals surface area contributed by atoms with Crippen LogP contribution in [0.5, 0.6) is 0 Å². The Kier molecular flexibility index (Phi) is 4.93. The standard InChI is InChI=1S/C16H22FN3O2/c1-10(14-19-15(20-22-14)16(2,3)4)18-9-13(21)11-5-7-12(17)8-6-11/h5-8,10,13,18,21H,9H2,1-4H3/t10-,13-/m1/s1. The summed E-state index contributed by atoms with van der Waals surface area (Å²) < 4.78 is 18.1. The van der Waals surface area contributed by atoms with Crippen LogP contribution in [0.3, 0.4) is 0 Å². The Balaban J connectivity index is 1.93. The van der Waals surface area contributed by atoms with E-state index in [4.69, 9.17) is 4.52 Å². The number of aromatic nitrogens is 2. The van der Waals surface area contributed by atoms with E-state index in [0.717, 1.165) is 0 Å². The number of aliphatic hydroxyl groups excluding tert-OH is 1. The molecule has 120 valence electrons. The lowest BCUT2D eigenvalue weighted by molar-refractivity contribution is 0.167. The van der Waals surface area contributed by atoms with Crippen LogP contribution in [0.15, 0.2) is 28.8 Å². The Hall–Kier alpha value is -1.79. The van der Waals surface area contributed by atoms with Crippen molar-refractivity contribution in [1.29, 1.82) is 0 Å². The number of halogens is 1. The van der Waals surface area contributed by atoms with Crippen LogP contribution in [-0.2, 0) is 5.41 Å². The van der Waals surface area contributed by atoms with Crippen LogP contribution in [0, 0.1) is 5.82 Å². The van der Waals surface area contributed by atoms with Gasteiger partial charge in [0.05, 0.1) is 12.1 Å². The first-order valence-electron chi connectivity index (χ1n) is 7.28. The van der Waals surface area contributed by atoms with Gasteiger partial charge in [0.25, 0.3) is 0 Å². The van der Waals surface area contributed by atoms with Gasteiger partial charge in [-0.25, -0.2) is 4.39 Å². The maximum Gasteiger partial charge on any atom is 0.243 e. The molecule has 0 saturated carbocycles. The Labute approximate surface area is 129 Å². The highest BCUT2D eigenvalue weighted by Gasteiger charge is 2.23. The fourth-order valence-corrected chi connectivity index (χ4v) is 1.89. The van der Waals surface area contributed by atoms with Crippen LogP contribution in [0.25, 0.3) is 0 Å². The van der Waals surface area contributed by atoms with E-state index in [1.54, 1.807) is 12.1 Å². The molecule has 0 aliphatic rings. The van der Waals surface area contributed by atoms with Crippen molar-refractivity contribution in [2.75, 3.05) is 6.54 Å². The molecule has 22 heavy (non-hydrogen) atoms. The first-order valence-corrected chi connectivity index (χ1v) is 7.28. The molecule has 0 amide bonds. The van der Waals surface area contributed by atoms with Gasteiger partial charge in [-0.1, -0.05) is 38.1 Å². The Morgan fingerprint density at radius 3 is 2.45 bits per heavy atom. The smallest absolute Gasteiger partial charge is 0.243 e. The summed E-state index contributed by atoms with van der Waals surface area (Å²) in [5.74, 6) is 0.810. The van der Waals surface area contributed by atoms with Crippen molar-refractivity contribution in [3.05, 3.63) is 47.4 Å². The molecule has 0 unspecified atom stereocenters. The number of nitrogens with zero attached hydrogens (tertiary/aromatic N) is 2. The molecule has 0 aliphatic carbocycles. The van der Waals surface area contributed by atoms with E-state index in [9.17, 15) is 9.50 Å². The fourth-order valence-electron chi connectivity index (χ4n) is 1.89. The summed E-state index contributed by atoms with van der Waals surface area (Å²) in [7, 11) is 0. The van der Waals surface area contributed by atoms with E-state index >= 15 is 0 Å². The third-order valence-corrected chi connectivity index (χ3v) is 3.36. The number of nitrogens with one attached hydrogen (secondary N) is 1. The monoisotopic (exact) mass is 307 g/mol. The van der Waals surface area contributed by atoms with Crippen molar-refractivity contribution in [3.63, 3.8) is 0 Å². The van der Waals surface area contributed by atoms with Crippen molar-refractivity contribution < 1.29 is 14.0 Å². The van der Waals surface area contributed by atoms with Crippen LogP contribution >= 0.6 is 0 Å². The maximum atomic E-state index is 12.9. The van der Waals surface area contributed by atoms with Crippen molar-refractivity contribution in [2.45, 2.75) is 45.3 Å². The molecular formula is C16H22FN3O2. The summed E-state index contributed by atoms with van der Waals surface area (Å²) >= 11 is 0. The van der Waals surface area contributed by atoms with Gasteiger partial charge in [0.1, 0.15) is 5.82 Å². The van der Waals surface area contributed by atoms with Gasteiger partial charge in [-0.15, -0.1) is 0 Å². The third kappa shape index (κ3) is 4.11. The average molecular weight is 307 g/mol. The predicted molar refractivity (Wildman–Crippen MR) is 80.8 cm³/mol. The van der Waals surface area contributed by atoms with Crippen molar-refractivity contribution >= 4 is 0 Å². The second-order valence-electron chi connectivity index (χ2n) is 6.40. The lowest BCUT2D eigenvalue weighted by atomic mass is 9.96. The molecule has 0 aliphatic heterocycles. The van der Waals surface area contributed by atoms with Gasteiger partial charge in [-0.2, -0.15) is 4.98 Å². The van der Waals surface area contributed by atoms with Crippen LogP contribution < -0.4 is 5.32 Å². The molecule has 1 heterocycles. The molecule has 0 bridgehead atoms. The molecule has 6 heteroatoms. The highest BCUT2D eigenvalue weighted by atomic mass is 19.1. The molecule has 2 atom stereocenters. The maximum absolute atomic E-state index is 12.9. The summed E-state index contributed by atoms with van der Waals surface area (Å²) in [5.41, 5.74) is 0.483. The summed E-state index contributed by atoms with van der Waals surface area (Å²) in [6, 6.07) is 5.61. The number of rotatable bonds is 5. The zero-order valence-electron chi connectivity index (χ0n) is 13.3. The van der Waals surface area contributed by atoms with Crippen LogP contribution in [0.2, 0.25) is 0 Å². The first kappa shape index (κ1) is 16.6. The molecular weight excluding hydrogens is 285 g/mol. The Morgan fingerprint density at radius 2 is 1.91 bits per heavy atom. The van der Waals surface area contributed by atoms with E-state index in [0.29, 0.717) is 23.8 Å². The third-order valence-electron chi connectivity index (χ3n) is 3.36. The summed E-state index contributed by atoms with van der Waals surface area (Å²) in [6.07, 6.45) is -0.729. The zero-order chi connectivity index (χ0) is 16.3. The van der Waals surface area contributed by atoms with Crippen molar-refractivity contribution in [2.24, 2.45) is 0 Å². The van der Waals surface area contributed by atoms with Crippen LogP contribution in [-0.4, -0.2) is 21.8 Å². The average Bonchev–Trinajstić information content (AvgIpc) is 2.95. The number of aliphatic hydroxyl groups is 1. The fraction of sp³-hybridized carbons (Fsp3) is 0.500. The molecule has 0 radical (unpaired) electrons. The number of benzene rings is 1. The second kappa shape index (κ2) is 6.54. The molecule has 2 N–H and O–H groups in total. The Morgan fingerprint density at radius 1 is 1.27 bits per heavy atom. The second-order valence-corrected chi connectivity index (χ2v) is 6.40. The number of hydrogen-bond donors (Lipinski definition) is 2. The molecule has 5 nitrogen and oxygen atoms in total. The molecule has 2 aromatic rings. The zero-order valence-corrected chi connectivity index (χ0v) is 13.3. The van der Waals surface area contributed by atoms with E-state index < -0.39 is 6.10 Å². The molecule has 1 aromatic carbocycles. The normalized spacial score (nSPS) is 14.8. The largest absolute Gasteiger partial charge is 0.387 e. The minimum atomic E-state index is -0.729. The molecule has 1 aromatic heterocycles. The molecule has 0 saturated heterocycles. The molecule has 2 rings (SSSR count). The summed E-state index contributed by atoms with van der Waals surface area (Å²) in [5, 5.41) is 17.2. The molecule has 0 fully saturated rings. The minimum absolute atomic E-state index is 0.172. The lowest BCUT2D eigenvalue weighted by Crippen LogP contribution is -2.25. The quantitative estimate of drug-likeness (QED) is 0.888. The van der Waals surface area contributed by atoms with Crippen molar-refractivity contribution in [3.8, 4) is 0 Å². The van der Waals surface area contributed by atoms with Gasteiger partial charge in [0, 0.05) is 12.0 Å². The lowest BCUT2D eigenvalue weighted by Gasteiger charge is -2.15. The van der Waals surface area contributed by atoms with Gasteiger partial charge in [0.2, 0.25) is 5.89 Å². The summed E-state index contributed by atoms with van der Waals surface area (Å²) in [6.45, 7) is 8.23. The van der Waals surface area contributed by atoms with Gasteiger partial charge >= 0.3 is 0 Å². The van der Waals surface area contributed by atoms with Gasteiger partial charge in [-0.3, -0.25) is 0 Å². The molecule has 0 spiro atoms. The topological polar surface area (TPSA) is 71.2 Å². The van der Waals surface area contributed by atoms with E-state index in [1.807, 2.05) is 27.7 Å². The van der Waals surface area contributed by atoms with E-state index in [-0.39, 0.29) is 17.3 Å². The highest BCUT2D eigenvalue weighted by Crippen LogP contribution is 2.21. The van der Waals surface area contributed by atoms with Gasteiger partial charge < -0.3 is 14.9 Å². The van der Waals surface area contributed by atoms with E-state index in [2.05, 4.69) is 15.5 Å². The van der Waals surface area contributed by atoms with Gasteiger partial charge in [-0.05, 0) is 24.6 Å². The SMILES string of the molecule is C[C@@H](NC[C@@H](O)c1ccc(F)cc1)c1nc(C(C)(C)C)no1. The predicted octanol–water partition coefficient (Wildman–Crippen LogP) is 2.89. The Bertz CT molecular complexity index is 605.